The maximum Gasteiger partial charge on any atom is 0.239 e. The van der Waals surface area contributed by atoms with Crippen LogP contribution >= 0.6 is 0 Å². The van der Waals surface area contributed by atoms with Gasteiger partial charge >= 0.3 is 0 Å². The molecule has 28 heavy (non-hydrogen) atoms. The molecule has 0 fully saturated rings. The second-order valence-electron chi connectivity index (χ2n) is 7.60. The number of fused-ring (bicyclic) bond motifs is 2. The van der Waals surface area contributed by atoms with Gasteiger partial charge in [0.25, 0.3) is 0 Å². The molecule has 7 heteroatoms. The lowest BCUT2D eigenvalue weighted by atomic mass is 9.83. The quantitative estimate of drug-likeness (QED) is 0.804. The number of nitrogens with one attached hydrogen (secondary N) is 1. The molecule has 148 valence electrons. The Labute approximate surface area is 165 Å². The first-order chi connectivity index (χ1) is 13.4. The molecule has 2 aromatic rings. The molecule has 2 aromatic carbocycles. The van der Waals surface area contributed by atoms with Crippen molar-refractivity contribution in [3.8, 4) is 0 Å². The number of primary sulfonamides is 1. The second-order valence-corrected chi connectivity index (χ2v) is 9.16. The summed E-state index contributed by atoms with van der Waals surface area (Å²) in [4.78, 5) is 14.6. The van der Waals surface area contributed by atoms with Gasteiger partial charge in [0.15, 0.2) is 0 Å². The van der Waals surface area contributed by atoms with Crippen LogP contribution in [0.1, 0.15) is 35.4 Å². The second kappa shape index (κ2) is 7.56. The molecule has 1 amide bonds. The third kappa shape index (κ3) is 3.91. The molecule has 1 atom stereocenters. The lowest BCUT2D eigenvalue weighted by molar-refractivity contribution is -0.119. The van der Waals surface area contributed by atoms with E-state index in [4.69, 9.17) is 5.14 Å². The van der Waals surface area contributed by atoms with Crippen LogP contribution in [0, 0.1) is 0 Å². The summed E-state index contributed by atoms with van der Waals surface area (Å²) in [6.45, 7) is 1.63. The first-order valence-corrected chi connectivity index (χ1v) is 11.2. The van der Waals surface area contributed by atoms with Crippen molar-refractivity contribution in [2.24, 2.45) is 5.14 Å². The maximum absolute atomic E-state index is 12.5. The van der Waals surface area contributed by atoms with E-state index < -0.39 is 10.0 Å². The monoisotopic (exact) mass is 399 g/mol. The van der Waals surface area contributed by atoms with Crippen LogP contribution in [0.25, 0.3) is 0 Å². The lowest BCUT2D eigenvalue weighted by Crippen LogP contribution is -2.38. The normalized spacial score (nSPS) is 18.5. The van der Waals surface area contributed by atoms with Crippen molar-refractivity contribution < 1.29 is 13.2 Å². The standard InChI is InChI=1S/C21H25N3O3S/c22-28(26,27)18-8-9-20-16(12-18)10-11-24(20)14-21(25)23-13-17-6-3-5-15-4-1-2-7-19(15)17/h1-2,4,7-9,12,17H,3,5-6,10-11,13-14H2,(H,23,25)(H2,22,26,27)/t17-/m1/s1. The summed E-state index contributed by atoms with van der Waals surface area (Å²) in [6, 6.07) is 13.4. The van der Waals surface area contributed by atoms with E-state index in [1.54, 1.807) is 12.1 Å². The number of hydrogen-bond donors (Lipinski definition) is 2. The Morgan fingerprint density at radius 2 is 1.96 bits per heavy atom. The van der Waals surface area contributed by atoms with Gasteiger partial charge in [0.05, 0.1) is 11.4 Å². The molecular weight excluding hydrogens is 374 g/mol. The number of hydrogen-bond acceptors (Lipinski definition) is 4. The largest absolute Gasteiger partial charge is 0.362 e. The average Bonchev–Trinajstić information content (AvgIpc) is 3.08. The van der Waals surface area contributed by atoms with Crippen LogP contribution in [-0.4, -0.2) is 34.0 Å². The smallest absolute Gasteiger partial charge is 0.239 e. The third-order valence-corrected chi connectivity index (χ3v) is 6.66. The molecule has 0 radical (unpaired) electrons. The number of anilines is 1. The number of aryl methyl sites for hydroxylation is 1. The number of amides is 1. The number of rotatable bonds is 5. The van der Waals surface area contributed by atoms with Gasteiger partial charge in [0.1, 0.15) is 0 Å². The van der Waals surface area contributed by atoms with Crippen molar-refractivity contribution >= 4 is 21.6 Å². The van der Waals surface area contributed by atoms with Gasteiger partial charge in [-0.05, 0) is 60.6 Å². The van der Waals surface area contributed by atoms with Crippen molar-refractivity contribution in [1.82, 2.24) is 5.32 Å². The summed E-state index contributed by atoms with van der Waals surface area (Å²) in [6.07, 6.45) is 4.08. The first kappa shape index (κ1) is 19.0. The summed E-state index contributed by atoms with van der Waals surface area (Å²) < 4.78 is 23.0. The highest BCUT2D eigenvalue weighted by molar-refractivity contribution is 7.89. The van der Waals surface area contributed by atoms with Crippen molar-refractivity contribution in [2.75, 3.05) is 24.5 Å². The number of nitrogens with zero attached hydrogens (tertiary/aromatic N) is 1. The Hall–Kier alpha value is -2.38. The minimum atomic E-state index is -3.71. The van der Waals surface area contributed by atoms with Crippen LogP contribution in [0.2, 0.25) is 0 Å². The fraction of sp³-hybridized carbons (Fsp3) is 0.381. The zero-order valence-electron chi connectivity index (χ0n) is 15.7. The predicted octanol–water partition coefficient (Wildman–Crippen LogP) is 1.93. The molecule has 3 N–H and O–H groups in total. The minimum Gasteiger partial charge on any atom is -0.362 e. The van der Waals surface area contributed by atoms with Gasteiger partial charge < -0.3 is 10.2 Å². The fourth-order valence-electron chi connectivity index (χ4n) is 4.32. The van der Waals surface area contributed by atoms with Crippen molar-refractivity contribution in [1.29, 1.82) is 0 Å². The summed E-state index contributed by atoms with van der Waals surface area (Å²) in [7, 11) is -3.71. The Kier molecular flexibility index (Phi) is 5.12. The van der Waals surface area contributed by atoms with Gasteiger partial charge in [-0.2, -0.15) is 0 Å². The Morgan fingerprint density at radius 1 is 1.14 bits per heavy atom. The Morgan fingerprint density at radius 3 is 2.79 bits per heavy atom. The molecule has 6 nitrogen and oxygen atoms in total. The van der Waals surface area contributed by atoms with Gasteiger partial charge in [-0.3, -0.25) is 4.79 Å². The van der Waals surface area contributed by atoms with Gasteiger partial charge in [0.2, 0.25) is 15.9 Å². The van der Waals surface area contributed by atoms with Crippen LogP contribution in [-0.2, 0) is 27.7 Å². The van der Waals surface area contributed by atoms with E-state index in [-0.39, 0.29) is 17.3 Å². The zero-order chi connectivity index (χ0) is 19.7. The number of carbonyl (C=O) groups excluding carboxylic acids is 1. The highest BCUT2D eigenvalue weighted by Gasteiger charge is 2.24. The molecule has 1 aliphatic carbocycles. The Balaban J connectivity index is 1.37. The van der Waals surface area contributed by atoms with Crippen LogP contribution in [0.3, 0.4) is 0 Å². The molecule has 1 aliphatic heterocycles. The molecule has 0 bridgehead atoms. The summed E-state index contributed by atoms with van der Waals surface area (Å²) >= 11 is 0. The van der Waals surface area contributed by atoms with E-state index in [2.05, 4.69) is 29.6 Å². The van der Waals surface area contributed by atoms with E-state index in [1.165, 1.54) is 17.2 Å². The summed E-state index contributed by atoms with van der Waals surface area (Å²) in [5.74, 6) is 0.364. The lowest BCUT2D eigenvalue weighted by Gasteiger charge is -2.26. The summed E-state index contributed by atoms with van der Waals surface area (Å²) in [5.41, 5.74) is 4.58. The highest BCUT2D eigenvalue weighted by Crippen LogP contribution is 2.31. The molecule has 0 unspecified atom stereocenters. The van der Waals surface area contributed by atoms with E-state index in [9.17, 15) is 13.2 Å². The zero-order valence-corrected chi connectivity index (χ0v) is 16.5. The SMILES string of the molecule is NS(=O)(=O)c1ccc2c(c1)CCN2CC(=O)NC[C@H]1CCCc2ccccc21. The van der Waals surface area contributed by atoms with E-state index in [0.29, 0.717) is 25.4 Å². The molecule has 0 spiro atoms. The number of sulfonamides is 1. The molecular formula is C21H25N3O3S. The highest BCUT2D eigenvalue weighted by atomic mass is 32.2. The number of carbonyl (C=O) groups is 1. The molecule has 1 heterocycles. The molecule has 0 aromatic heterocycles. The molecule has 4 rings (SSSR count). The van der Waals surface area contributed by atoms with E-state index in [0.717, 1.165) is 30.5 Å². The predicted molar refractivity (Wildman–Crippen MR) is 109 cm³/mol. The third-order valence-electron chi connectivity index (χ3n) is 5.74. The Bertz CT molecular complexity index is 1000. The fourth-order valence-corrected chi connectivity index (χ4v) is 4.88. The first-order valence-electron chi connectivity index (χ1n) is 9.67. The van der Waals surface area contributed by atoms with Crippen LogP contribution < -0.4 is 15.4 Å². The van der Waals surface area contributed by atoms with Gasteiger partial charge in [-0.1, -0.05) is 24.3 Å². The van der Waals surface area contributed by atoms with E-state index >= 15 is 0 Å². The topological polar surface area (TPSA) is 92.5 Å². The van der Waals surface area contributed by atoms with Gasteiger partial charge in [-0.25, -0.2) is 13.6 Å². The molecule has 0 saturated heterocycles. The van der Waals surface area contributed by atoms with Crippen LogP contribution in [0.15, 0.2) is 47.4 Å². The number of nitrogens with two attached hydrogens (primary N) is 1. The molecule has 0 saturated carbocycles. The minimum absolute atomic E-state index is 0.00794. The van der Waals surface area contributed by atoms with Crippen molar-refractivity contribution in [3.63, 3.8) is 0 Å². The van der Waals surface area contributed by atoms with Crippen molar-refractivity contribution in [3.05, 3.63) is 59.2 Å². The maximum atomic E-state index is 12.5. The van der Waals surface area contributed by atoms with E-state index in [1.807, 2.05) is 4.90 Å². The average molecular weight is 400 g/mol. The number of benzene rings is 2. The summed E-state index contributed by atoms with van der Waals surface area (Å²) in [5, 5.41) is 8.30. The van der Waals surface area contributed by atoms with Gasteiger partial charge in [-0.15, -0.1) is 0 Å². The molecule has 2 aliphatic rings. The van der Waals surface area contributed by atoms with Crippen LogP contribution in [0.5, 0.6) is 0 Å². The van der Waals surface area contributed by atoms with Crippen molar-refractivity contribution in [2.45, 2.75) is 36.5 Å². The van der Waals surface area contributed by atoms with Crippen LogP contribution in [0.4, 0.5) is 5.69 Å². The van der Waals surface area contributed by atoms with Gasteiger partial charge in [0, 0.05) is 24.7 Å².